The second-order valence-electron chi connectivity index (χ2n) is 10.3. The fourth-order valence-electron chi connectivity index (χ4n) is 5.99. The smallest absolute Gasteiger partial charge is 0.341 e. The van der Waals surface area contributed by atoms with Crippen LogP contribution in [-0.4, -0.2) is 55.9 Å². The van der Waals surface area contributed by atoms with Gasteiger partial charge in [-0.15, -0.1) is 6.42 Å². The maximum absolute atomic E-state index is 15.5. The molecule has 2 aliphatic heterocycles. The molecule has 0 radical (unpaired) electrons. The standard InChI is InChI=1S/C32H36FN3O4/c1-6-24-14-11-15-25(33)29(24)30-27(31(37)39-5)21(3)35-22(4)28(30)32(38)40-26(7-2)36(18-16-34-17-19-36)20-23-12-9-8-10-13-23/h1,8-15,26,30,34H,7,16-20H2,2-5H3/p+1. The van der Waals surface area contributed by atoms with Crippen molar-refractivity contribution in [3.05, 3.63) is 93.6 Å². The predicted octanol–water partition coefficient (Wildman–Crippen LogP) is 4.11. The summed E-state index contributed by atoms with van der Waals surface area (Å²) >= 11 is 0. The van der Waals surface area contributed by atoms with Gasteiger partial charge in [-0.25, -0.2) is 14.0 Å². The zero-order chi connectivity index (χ0) is 28.9. The number of quaternary nitrogens is 1. The molecule has 0 aliphatic carbocycles. The fourth-order valence-corrected chi connectivity index (χ4v) is 5.99. The number of nitrogens with zero attached hydrogens (tertiary/aromatic N) is 1. The molecule has 0 amide bonds. The van der Waals surface area contributed by atoms with Gasteiger partial charge >= 0.3 is 11.9 Å². The predicted molar refractivity (Wildman–Crippen MR) is 151 cm³/mol. The van der Waals surface area contributed by atoms with Gasteiger partial charge in [0.2, 0.25) is 6.23 Å². The molecule has 0 aromatic heterocycles. The van der Waals surface area contributed by atoms with Crippen LogP contribution in [0, 0.1) is 18.2 Å². The molecule has 8 heteroatoms. The molecule has 2 aromatic carbocycles. The van der Waals surface area contributed by atoms with Crippen molar-refractivity contribution in [2.75, 3.05) is 33.3 Å². The van der Waals surface area contributed by atoms with Crippen LogP contribution >= 0.6 is 0 Å². The van der Waals surface area contributed by atoms with E-state index in [9.17, 15) is 9.59 Å². The molecule has 1 fully saturated rings. The van der Waals surface area contributed by atoms with Gasteiger partial charge in [-0.3, -0.25) is 4.48 Å². The van der Waals surface area contributed by atoms with E-state index in [0.29, 0.717) is 28.8 Å². The molecule has 4 rings (SSSR count). The van der Waals surface area contributed by atoms with Crippen molar-refractivity contribution in [1.29, 1.82) is 0 Å². The Hall–Kier alpha value is -3.93. The number of terminal acetylenes is 1. The number of ether oxygens (including phenoxy) is 2. The summed E-state index contributed by atoms with van der Waals surface area (Å²) in [5.74, 6) is -0.497. The Bertz CT molecular complexity index is 1370. The number of benzene rings is 2. The first-order valence-electron chi connectivity index (χ1n) is 13.6. The van der Waals surface area contributed by atoms with Gasteiger partial charge in [0.15, 0.2) is 0 Å². The van der Waals surface area contributed by atoms with Crippen molar-refractivity contribution >= 4 is 11.9 Å². The number of methoxy groups -OCH3 is 1. The van der Waals surface area contributed by atoms with Crippen molar-refractivity contribution in [2.45, 2.75) is 45.9 Å². The number of hydrogen-bond donors (Lipinski definition) is 2. The van der Waals surface area contributed by atoms with Gasteiger partial charge in [0, 0.05) is 47.6 Å². The van der Waals surface area contributed by atoms with Gasteiger partial charge in [0.1, 0.15) is 12.4 Å². The summed E-state index contributed by atoms with van der Waals surface area (Å²) in [6, 6.07) is 14.5. The zero-order valence-electron chi connectivity index (χ0n) is 23.6. The summed E-state index contributed by atoms with van der Waals surface area (Å²) < 4.78 is 27.5. The van der Waals surface area contributed by atoms with E-state index in [-0.39, 0.29) is 22.3 Å². The Morgan fingerprint density at radius 1 is 1.05 bits per heavy atom. The Morgan fingerprint density at radius 2 is 1.70 bits per heavy atom. The lowest BCUT2D eigenvalue weighted by molar-refractivity contribution is -0.982. The first-order valence-corrected chi connectivity index (χ1v) is 13.6. The highest BCUT2D eigenvalue weighted by Crippen LogP contribution is 2.42. The number of halogens is 1. The van der Waals surface area contributed by atoms with Gasteiger partial charge in [0.25, 0.3) is 0 Å². The molecule has 2 heterocycles. The normalized spacial score (nSPS) is 19.4. The van der Waals surface area contributed by atoms with Crippen LogP contribution in [0.1, 0.15) is 49.8 Å². The topological polar surface area (TPSA) is 76.7 Å². The van der Waals surface area contributed by atoms with E-state index in [2.05, 4.69) is 28.7 Å². The molecule has 0 bridgehead atoms. The number of allylic oxidation sites excluding steroid dienone is 2. The molecule has 0 saturated carbocycles. The average Bonchev–Trinajstić information content (AvgIpc) is 2.95. The third-order valence-corrected chi connectivity index (χ3v) is 7.89. The molecule has 2 aliphatic rings. The van der Waals surface area contributed by atoms with Gasteiger partial charge in [-0.05, 0) is 26.0 Å². The second-order valence-corrected chi connectivity index (χ2v) is 10.3. The Balaban J connectivity index is 1.78. The van der Waals surface area contributed by atoms with Crippen LogP contribution in [0.2, 0.25) is 0 Å². The van der Waals surface area contributed by atoms with Crippen molar-refractivity contribution < 1.29 is 27.9 Å². The van der Waals surface area contributed by atoms with Crippen molar-refractivity contribution in [3.8, 4) is 12.3 Å². The van der Waals surface area contributed by atoms with E-state index in [1.165, 1.54) is 19.2 Å². The highest BCUT2D eigenvalue weighted by atomic mass is 19.1. The number of carbonyl (C=O) groups is 2. The van der Waals surface area contributed by atoms with E-state index in [1.807, 2.05) is 25.1 Å². The van der Waals surface area contributed by atoms with Crippen molar-refractivity contribution in [1.82, 2.24) is 10.6 Å². The molecule has 210 valence electrons. The van der Waals surface area contributed by atoms with Crippen LogP contribution in [0.5, 0.6) is 0 Å². The van der Waals surface area contributed by atoms with E-state index in [0.717, 1.165) is 31.7 Å². The summed E-state index contributed by atoms with van der Waals surface area (Å²) in [4.78, 5) is 27.2. The highest BCUT2D eigenvalue weighted by Gasteiger charge is 2.44. The van der Waals surface area contributed by atoms with Crippen molar-refractivity contribution in [3.63, 3.8) is 0 Å². The summed E-state index contributed by atoms with van der Waals surface area (Å²) in [7, 11) is 1.25. The third-order valence-electron chi connectivity index (χ3n) is 7.89. The molecular weight excluding hydrogens is 509 g/mol. The van der Waals surface area contributed by atoms with Crippen LogP contribution in [0.3, 0.4) is 0 Å². The average molecular weight is 547 g/mol. The van der Waals surface area contributed by atoms with Crippen LogP contribution in [0.25, 0.3) is 0 Å². The number of nitrogens with one attached hydrogen (secondary N) is 2. The number of rotatable bonds is 8. The van der Waals surface area contributed by atoms with E-state index >= 15 is 4.39 Å². The van der Waals surface area contributed by atoms with E-state index in [1.54, 1.807) is 19.9 Å². The molecular formula is C32H37FN3O4+. The molecule has 2 atom stereocenters. The molecule has 2 unspecified atom stereocenters. The summed E-state index contributed by atoms with van der Waals surface area (Å²) in [5.41, 5.74) is 2.66. The minimum atomic E-state index is -1.10. The number of piperazine rings is 1. The lowest BCUT2D eigenvalue weighted by atomic mass is 9.78. The minimum Gasteiger partial charge on any atom is -0.466 e. The summed E-state index contributed by atoms with van der Waals surface area (Å²) in [6.07, 6.45) is 5.88. The SMILES string of the molecule is C#Cc1cccc(F)c1C1C(C(=O)OC)=C(C)NC(C)=C1C(=O)OC(CC)[N+]1(Cc2ccccc2)CCNCC1. The van der Waals surface area contributed by atoms with Gasteiger partial charge in [0.05, 0.1) is 37.3 Å². The van der Waals surface area contributed by atoms with Crippen LogP contribution in [-0.2, 0) is 25.6 Å². The number of carbonyl (C=O) groups excluding carboxylic acids is 2. The largest absolute Gasteiger partial charge is 0.466 e. The van der Waals surface area contributed by atoms with Crippen LogP contribution < -0.4 is 10.6 Å². The molecule has 0 spiro atoms. The minimum absolute atomic E-state index is 0.0703. The molecule has 2 aromatic rings. The lowest BCUT2D eigenvalue weighted by Gasteiger charge is -2.46. The zero-order valence-corrected chi connectivity index (χ0v) is 23.6. The Labute approximate surface area is 235 Å². The van der Waals surface area contributed by atoms with Crippen LogP contribution in [0.4, 0.5) is 4.39 Å². The maximum atomic E-state index is 15.5. The van der Waals surface area contributed by atoms with Gasteiger partial charge < -0.3 is 20.1 Å². The second kappa shape index (κ2) is 12.5. The first kappa shape index (κ1) is 29.1. The summed E-state index contributed by atoms with van der Waals surface area (Å²) in [6.45, 7) is 9.26. The van der Waals surface area contributed by atoms with Gasteiger partial charge in [-0.2, -0.15) is 0 Å². The number of dihydropyridines is 1. The van der Waals surface area contributed by atoms with E-state index < -0.39 is 29.9 Å². The quantitative estimate of drug-likeness (QED) is 0.295. The maximum Gasteiger partial charge on any atom is 0.341 e. The lowest BCUT2D eigenvalue weighted by Crippen LogP contribution is -2.64. The fraction of sp³-hybridized carbons (Fsp3) is 0.375. The summed E-state index contributed by atoms with van der Waals surface area (Å²) in [5, 5.41) is 6.53. The van der Waals surface area contributed by atoms with Crippen molar-refractivity contribution in [2.24, 2.45) is 0 Å². The highest BCUT2D eigenvalue weighted by molar-refractivity contribution is 6.00. The Kier molecular flexibility index (Phi) is 9.08. The number of esters is 2. The molecule has 7 nitrogen and oxygen atoms in total. The molecule has 1 saturated heterocycles. The Morgan fingerprint density at radius 3 is 2.30 bits per heavy atom. The van der Waals surface area contributed by atoms with E-state index in [4.69, 9.17) is 15.9 Å². The monoisotopic (exact) mass is 546 g/mol. The first-order chi connectivity index (χ1) is 19.3. The molecule has 40 heavy (non-hydrogen) atoms. The molecule has 2 N–H and O–H groups in total. The van der Waals surface area contributed by atoms with Gasteiger partial charge in [-0.1, -0.05) is 49.2 Å². The third kappa shape index (κ3) is 5.67. The number of hydrogen-bond acceptors (Lipinski definition) is 6. The van der Waals surface area contributed by atoms with Crippen LogP contribution in [0.15, 0.2) is 71.1 Å².